The molecule has 7 aromatic carbocycles. The Kier molecular flexibility index (Phi) is 10.5. The first-order valence-corrected chi connectivity index (χ1v) is 28.9. The molecule has 0 bridgehead atoms. The van der Waals surface area contributed by atoms with Crippen molar-refractivity contribution in [1.82, 2.24) is 59.7 Å². The minimum atomic E-state index is 0.326. The largest absolute Gasteiger partial charge is 0.456 e. The molecule has 17 heteroatoms. The summed E-state index contributed by atoms with van der Waals surface area (Å²) in [6.45, 7) is 4.22. The van der Waals surface area contributed by atoms with Gasteiger partial charge in [-0.2, -0.15) is 0 Å². The molecule has 0 amide bonds. The van der Waals surface area contributed by atoms with Crippen LogP contribution in [0.2, 0.25) is 0 Å². The SMILES string of the molecule is Cc1cc(-n2c3ccncc3c3cc(-c4cc5c(cc4-c4nnc(-c6ccccc6)o4)sc4cc(-c6nnc(-c7ccccc7)o6)ncc45)ccc32)cc2c1oc1c(C)cc(-n3c4ccncc4c4cnc(-c5nnc(-c6ccccc6)o5)cc43)cc12. The van der Waals surface area contributed by atoms with Gasteiger partial charge in [-0.15, -0.1) is 41.9 Å². The smallest absolute Gasteiger partial charge is 0.266 e. The lowest BCUT2D eigenvalue weighted by Crippen LogP contribution is -1.96. The van der Waals surface area contributed by atoms with E-state index in [2.05, 4.69) is 119 Å². The van der Waals surface area contributed by atoms with Gasteiger partial charge in [0.25, 0.3) is 11.8 Å². The van der Waals surface area contributed by atoms with Gasteiger partial charge in [0.2, 0.25) is 23.6 Å². The molecule has 0 saturated heterocycles. The van der Waals surface area contributed by atoms with Crippen LogP contribution in [0.25, 0.3) is 177 Å². The normalized spacial score (nSPS) is 12.0. The Balaban J connectivity index is 0.778. The Bertz CT molecular complexity index is 5820. The van der Waals surface area contributed by atoms with E-state index in [0.717, 1.165) is 142 Å². The zero-order valence-corrected chi connectivity index (χ0v) is 46.9. The summed E-state index contributed by atoms with van der Waals surface area (Å²) in [6.07, 6.45) is 11.3. The molecule has 0 aliphatic rings. The molecule has 0 fully saturated rings. The predicted octanol–water partition coefficient (Wildman–Crippen LogP) is 17.2. The van der Waals surface area contributed by atoms with E-state index in [1.165, 1.54) is 0 Å². The van der Waals surface area contributed by atoms with Gasteiger partial charge in [-0.3, -0.25) is 19.9 Å². The van der Waals surface area contributed by atoms with E-state index in [0.29, 0.717) is 46.7 Å². The Morgan fingerprint density at radius 3 is 1.41 bits per heavy atom. The molecule has 0 aliphatic carbocycles. The summed E-state index contributed by atoms with van der Waals surface area (Å²) in [5.41, 5.74) is 15.8. The van der Waals surface area contributed by atoms with Crippen molar-refractivity contribution < 1.29 is 17.7 Å². The highest BCUT2D eigenvalue weighted by molar-refractivity contribution is 7.25. The Labute approximate surface area is 495 Å². The number of fused-ring (bicyclic) bond motifs is 12. The number of nitrogens with zero attached hydrogens (tertiary/aromatic N) is 12. The van der Waals surface area contributed by atoms with Crippen LogP contribution in [0.15, 0.2) is 225 Å². The second kappa shape index (κ2) is 18.8. The molecule has 0 aliphatic heterocycles. The van der Waals surface area contributed by atoms with Crippen LogP contribution in [-0.2, 0) is 0 Å². The lowest BCUT2D eigenvalue weighted by Gasteiger charge is -2.11. The van der Waals surface area contributed by atoms with Crippen molar-refractivity contribution in [2.45, 2.75) is 13.8 Å². The van der Waals surface area contributed by atoms with Gasteiger partial charge >= 0.3 is 0 Å². The lowest BCUT2D eigenvalue weighted by atomic mass is 9.96. The molecule has 0 atom stereocenters. The van der Waals surface area contributed by atoms with E-state index in [1.807, 2.05) is 146 Å². The number of rotatable bonds is 9. The third-order valence-electron chi connectivity index (χ3n) is 16.4. The van der Waals surface area contributed by atoms with Crippen LogP contribution in [0.1, 0.15) is 11.1 Å². The van der Waals surface area contributed by atoms with Gasteiger partial charge in [0.05, 0.1) is 22.1 Å². The number of benzene rings is 7. The first-order chi connectivity index (χ1) is 42.9. The lowest BCUT2D eigenvalue weighted by molar-refractivity contribution is 0.582. The molecule has 0 radical (unpaired) electrons. The standard InChI is InChI=1S/C70H40N12O4S/c1-37-24-43(27-48-49-28-44(25-38(2)64(49)83-63(37)48)82-59-21-23-72-34-52(59)53-35-73-55(31-60(53)82)69-79-76-66(85-69)40-14-8-4-9-15-40)81-57-19-18-42(26-46(57)51-33-71-22-20-58(51)81)45-29-47-54-36-74-56(70-80-77-67(86-70)41-16-10-5-11-17-41)32-62(54)87-61(47)30-50(45)68-78-75-65(84-68)39-12-6-3-7-13-39/h3-36H,1-2H3. The van der Waals surface area contributed by atoms with Crippen molar-refractivity contribution in [3.8, 4) is 91.5 Å². The van der Waals surface area contributed by atoms with Crippen LogP contribution in [0.3, 0.4) is 0 Å². The molecule has 0 saturated carbocycles. The van der Waals surface area contributed by atoms with Gasteiger partial charge in [-0.05, 0) is 145 Å². The van der Waals surface area contributed by atoms with Crippen LogP contribution < -0.4 is 0 Å². The van der Waals surface area contributed by atoms with Gasteiger partial charge in [-0.1, -0.05) is 60.7 Å². The number of pyridine rings is 4. The van der Waals surface area contributed by atoms with Gasteiger partial charge in [-0.25, -0.2) is 0 Å². The van der Waals surface area contributed by atoms with Gasteiger partial charge in [0, 0.05) is 123 Å². The molecule has 410 valence electrons. The summed E-state index contributed by atoms with van der Waals surface area (Å²) in [6, 6.07) is 57.2. The van der Waals surface area contributed by atoms with Gasteiger partial charge in [0.1, 0.15) is 22.6 Å². The fourth-order valence-electron chi connectivity index (χ4n) is 12.3. The number of aromatic nitrogens is 12. The molecule has 0 spiro atoms. The van der Waals surface area contributed by atoms with Crippen molar-refractivity contribution in [3.63, 3.8) is 0 Å². The maximum Gasteiger partial charge on any atom is 0.266 e. The summed E-state index contributed by atoms with van der Waals surface area (Å²) in [5.74, 6) is 2.35. The zero-order chi connectivity index (χ0) is 57.4. The number of hydrogen-bond acceptors (Lipinski definition) is 15. The van der Waals surface area contributed by atoms with Crippen LogP contribution in [0, 0.1) is 13.8 Å². The molecule has 18 rings (SSSR count). The third-order valence-corrected chi connectivity index (χ3v) is 17.5. The fourth-order valence-corrected chi connectivity index (χ4v) is 13.5. The highest BCUT2D eigenvalue weighted by Gasteiger charge is 2.25. The molecular weight excluding hydrogens is 1100 g/mol. The highest BCUT2D eigenvalue weighted by Crippen LogP contribution is 2.46. The van der Waals surface area contributed by atoms with E-state index in [9.17, 15) is 0 Å². The molecule has 87 heavy (non-hydrogen) atoms. The summed E-state index contributed by atoms with van der Waals surface area (Å²) >= 11 is 1.65. The average molecular weight is 1150 g/mol. The zero-order valence-electron chi connectivity index (χ0n) is 46.0. The number of furan rings is 1. The molecule has 11 aromatic heterocycles. The van der Waals surface area contributed by atoms with Gasteiger partial charge in [0.15, 0.2) is 0 Å². The molecule has 16 nitrogen and oxygen atoms in total. The molecule has 0 unspecified atom stereocenters. The van der Waals surface area contributed by atoms with Crippen molar-refractivity contribution >= 4 is 97.1 Å². The number of aryl methyl sites for hydroxylation is 2. The Morgan fingerprint density at radius 1 is 0.333 bits per heavy atom. The maximum atomic E-state index is 6.85. The van der Waals surface area contributed by atoms with Crippen molar-refractivity contribution in [1.29, 1.82) is 0 Å². The molecule has 0 N–H and O–H groups in total. The van der Waals surface area contributed by atoms with Crippen LogP contribution >= 0.6 is 11.3 Å². The summed E-state index contributed by atoms with van der Waals surface area (Å²) < 4.78 is 32.4. The van der Waals surface area contributed by atoms with E-state index >= 15 is 0 Å². The van der Waals surface area contributed by atoms with Crippen molar-refractivity contribution in [2.24, 2.45) is 0 Å². The van der Waals surface area contributed by atoms with E-state index in [4.69, 9.17) is 32.6 Å². The van der Waals surface area contributed by atoms with Crippen molar-refractivity contribution in [2.75, 3.05) is 0 Å². The average Bonchev–Trinajstić information content (AvgIpc) is 1.68. The molecule has 18 aromatic rings. The Hall–Kier alpha value is -11.8. The van der Waals surface area contributed by atoms with Crippen molar-refractivity contribution in [3.05, 3.63) is 218 Å². The van der Waals surface area contributed by atoms with Crippen LogP contribution in [0.4, 0.5) is 0 Å². The number of thiophene rings is 1. The summed E-state index contributed by atoms with van der Waals surface area (Å²) in [7, 11) is 0. The van der Waals surface area contributed by atoms with E-state index in [-0.39, 0.29) is 0 Å². The molecule has 11 heterocycles. The summed E-state index contributed by atoms with van der Waals surface area (Å²) in [4.78, 5) is 19.0. The first-order valence-electron chi connectivity index (χ1n) is 28.1. The highest BCUT2D eigenvalue weighted by atomic mass is 32.1. The minimum absolute atomic E-state index is 0.326. The quantitative estimate of drug-likeness (QED) is 0.133. The second-order valence-electron chi connectivity index (χ2n) is 21.6. The number of hydrogen-bond donors (Lipinski definition) is 0. The van der Waals surface area contributed by atoms with E-state index < -0.39 is 0 Å². The molecular formula is C70H40N12O4S. The maximum absolute atomic E-state index is 6.85. The third kappa shape index (κ3) is 7.69. The predicted molar refractivity (Wildman–Crippen MR) is 338 cm³/mol. The Morgan fingerprint density at radius 2 is 0.816 bits per heavy atom. The summed E-state index contributed by atoms with van der Waals surface area (Å²) in [5, 5.41) is 34.7. The van der Waals surface area contributed by atoms with Crippen LogP contribution in [0.5, 0.6) is 0 Å². The monoisotopic (exact) mass is 1140 g/mol. The van der Waals surface area contributed by atoms with E-state index in [1.54, 1.807) is 11.3 Å². The fraction of sp³-hybridized carbons (Fsp3) is 0.0286. The second-order valence-corrected chi connectivity index (χ2v) is 22.6. The van der Waals surface area contributed by atoms with Gasteiger partial charge < -0.3 is 26.8 Å². The minimum Gasteiger partial charge on any atom is -0.456 e. The van der Waals surface area contributed by atoms with Crippen LogP contribution in [-0.4, -0.2) is 59.7 Å². The topological polar surface area (TPSA) is 191 Å². The first kappa shape index (κ1) is 48.7.